The van der Waals surface area contributed by atoms with Crippen molar-refractivity contribution in [1.82, 2.24) is 5.32 Å². The van der Waals surface area contributed by atoms with Crippen LogP contribution < -0.4 is 10.6 Å². The van der Waals surface area contributed by atoms with E-state index in [1.807, 2.05) is 31.2 Å². The Morgan fingerprint density at radius 2 is 2.06 bits per heavy atom. The van der Waals surface area contributed by atoms with Crippen LogP contribution in [0.2, 0.25) is 0 Å². The fourth-order valence-electron chi connectivity index (χ4n) is 1.07. The Labute approximate surface area is 103 Å². The predicted octanol–water partition coefficient (Wildman–Crippen LogP) is 1.36. The van der Waals surface area contributed by atoms with Gasteiger partial charge in [0, 0.05) is 16.2 Å². The number of carbonyl (C=O) groups is 1. The molecule has 0 radical (unpaired) electrons. The molecule has 0 saturated carbocycles. The molecule has 1 rings (SSSR count). The molecule has 88 valence electrons. The molecule has 0 fully saturated rings. The summed E-state index contributed by atoms with van der Waals surface area (Å²) >= 11 is 3.32. The van der Waals surface area contributed by atoms with Crippen LogP contribution in [0, 0.1) is 0 Å². The number of benzene rings is 1. The molecule has 1 unspecified atom stereocenters. The zero-order valence-corrected chi connectivity index (χ0v) is 10.6. The smallest absolute Gasteiger partial charge is 0.238 e. The fourth-order valence-corrected chi connectivity index (χ4v) is 1.33. The maximum absolute atomic E-state index is 11.5. The van der Waals surface area contributed by atoms with Crippen molar-refractivity contribution in [2.45, 2.75) is 13.0 Å². The lowest BCUT2D eigenvalue weighted by molar-refractivity contribution is -0.115. The van der Waals surface area contributed by atoms with Gasteiger partial charge in [0.25, 0.3) is 0 Å². The van der Waals surface area contributed by atoms with E-state index in [0.29, 0.717) is 0 Å². The molecule has 0 aliphatic rings. The molecule has 0 spiro atoms. The molecule has 1 atom stereocenters. The number of amides is 1. The monoisotopic (exact) mass is 286 g/mol. The Bertz CT molecular complexity index is 340. The highest BCUT2D eigenvalue weighted by atomic mass is 79.9. The lowest BCUT2D eigenvalue weighted by Crippen LogP contribution is -2.36. The first-order chi connectivity index (χ1) is 7.61. The molecule has 1 aromatic rings. The van der Waals surface area contributed by atoms with Crippen molar-refractivity contribution in [2.24, 2.45) is 0 Å². The molecule has 0 aliphatic heterocycles. The summed E-state index contributed by atoms with van der Waals surface area (Å²) in [6.07, 6.45) is 0. The van der Waals surface area contributed by atoms with Crippen LogP contribution in [0.3, 0.4) is 0 Å². The van der Waals surface area contributed by atoms with Crippen molar-refractivity contribution in [3.05, 3.63) is 28.7 Å². The van der Waals surface area contributed by atoms with E-state index in [-0.39, 0.29) is 25.1 Å². The van der Waals surface area contributed by atoms with E-state index < -0.39 is 0 Å². The second-order valence-electron chi connectivity index (χ2n) is 3.52. The van der Waals surface area contributed by atoms with Gasteiger partial charge < -0.3 is 15.7 Å². The summed E-state index contributed by atoms with van der Waals surface area (Å²) in [4.78, 5) is 11.5. The van der Waals surface area contributed by atoms with Gasteiger partial charge >= 0.3 is 0 Å². The van der Waals surface area contributed by atoms with E-state index in [4.69, 9.17) is 5.11 Å². The van der Waals surface area contributed by atoms with Crippen molar-refractivity contribution in [1.29, 1.82) is 0 Å². The lowest BCUT2D eigenvalue weighted by atomic mass is 10.3. The van der Waals surface area contributed by atoms with Gasteiger partial charge in [-0.25, -0.2) is 0 Å². The molecule has 0 aliphatic carbocycles. The number of carbonyl (C=O) groups excluding carboxylic acids is 1. The number of aliphatic hydroxyl groups is 1. The Morgan fingerprint density at radius 3 is 2.62 bits per heavy atom. The number of halogens is 1. The quantitative estimate of drug-likeness (QED) is 0.766. The molecule has 0 aromatic heterocycles. The van der Waals surface area contributed by atoms with Crippen LogP contribution in [0.25, 0.3) is 0 Å². The van der Waals surface area contributed by atoms with Crippen molar-refractivity contribution in [2.75, 3.05) is 18.5 Å². The van der Waals surface area contributed by atoms with Gasteiger partial charge in [-0.3, -0.25) is 4.79 Å². The largest absolute Gasteiger partial charge is 0.395 e. The Balaban J connectivity index is 2.37. The normalized spacial score (nSPS) is 12.2. The number of hydrogen-bond acceptors (Lipinski definition) is 3. The third kappa shape index (κ3) is 4.74. The molecule has 4 nitrogen and oxygen atoms in total. The summed E-state index contributed by atoms with van der Waals surface area (Å²) < 4.78 is 0.970. The summed E-state index contributed by atoms with van der Waals surface area (Å²) in [5.41, 5.74) is 0.756. The summed E-state index contributed by atoms with van der Waals surface area (Å²) in [6.45, 7) is 2.02. The summed E-state index contributed by atoms with van der Waals surface area (Å²) in [6, 6.07) is 7.28. The first kappa shape index (κ1) is 13.2. The second kappa shape index (κ2) is 6.62. The summed E-state index contributed by atoms with van der Waals surface area (Å²) in [7, 11) is 0. The minimum atomic E-state index is -0.123. The van der Waals surface area contributed by atoms with Gasteiger partial charge in [-0.05, 0) is 31.2 Å². The van der Waals surface area contributed by atoms with Crippen LogP contribution >= 0.6 is 15.9 Å². The van der Waals surface area contributed by atoms with Crippen LogP contribution in [0.15, 0.2) is 28.7 Å². The van der Waals surface area contributed by atoms with Gasteiger partial charge in [-0.1, -0.05) is 15.9 Å². The van der Waals surface area contributed by atoms with E-state index in [1.54, 1.807) is 0 Å². The highest BCUT2D eigenvalue weighted by molar-refractivity contribution is 9.10. The molecule has 0 saturated heterocycles. The van der Waals surface area contributed by atoms with E-state index in [2.05, 4.69) is 26.6 Å². The van der Waals surface area contributed by atoms with Gasteiger partial charge in [0.05, 0.1) is 13.2 Å². The minimum Gasteiger partial charge on any atom is -0.395 e. The highest BCUT2D eigenvalue weighted by Crippen LogP contribution is 2.13. The first-order valence-corrected chi connectivity index (χ1v) is 5.81. The van der Waals surface area contributed by atoms with Crippen LogP contribution in [-0.2, 0) is 4.79 Å². The average molecular weight is 287 g/mol. The topological polar surface area (TPSA) is 61.4 Å². The van der Waals surface area contributed by atoms with E-state index in [1.165, 1.54) is 0 Å². The van der Waals surface area contributed by atoms with Gasteiger partial charge in [0.2, 0.25) is 5.91 Å². The van der Waals surface area contributed by atoms with Gasteiger partial charge in [0.1, 0.15) is 0 Å². The molecular formula is C11H15BrN2O2. The molecule has 1 amide bonds. The maximum atomic E-state index is 11.5. The maximum Gasteiger partial charge on any atom is 0.238 e. The zero-order chi connectivity index (χ0) is 12.0. The van der Waals surface area contributed by atoms with Gasteiger partial charge in [-0.15, -0.1) is 0 Å². The van der Waals surface area contributed by atoms with Crippen molar-refractivity contribution in [3.63, 3.8) is 0 Å². The summed E-state index contributed by atoms with van der Waals surface area (Å²) in [5, 5.41) is 14.4. The van der Waals surface area contributed by atoms with Crippen LogP contribution in [0.5, 0.6) is 0 Å². The SMILES string of the molecule is CC(CO)NCC(=O)Nc1ccc(Br)cc1. The fraction of sp³-hybridized carbons (Fsp3) is 0.364. The molecule has 3 N–H and O–H groups in total. The molecule has 0 heterocycles. The van der Waals surface area contributed by atoms with Crippen LogP contribution in [0.4, 0.5) is 5.69 Å². The Hall–Kier alpha value is -0.910. The minimum absolute atomic E-state index is 0.0194. The first-order valence-electron chi connectivity index (χ1n) is 5.01. The van der Waals surface area contributed by atoms with Crippen LogP contribution in [0.1, 0.15) is 6.92 Å². The third-order valence-corrected chi connectivity index (χ3v) is 2.54. The molecule has 16 heavy (non-hydrogen) atoms. The Kier molecular flexibility index (Phi) is 5.45. The molecule has 0 bridgehead atoms. The summed E-state index contributed by atoms with van der Waals surface area (Å²) in [5.74, 6) is -0.123. The highest BCUT2D eigenvalue weighted by Gasteiger charge is 2.04. The number of nitrogens with one attached hydrogen (secondary N) is 2. The van der Waals surface area contributed by atoms with Crippen molar-refractivity contribution >= 4 is 27.5 Å². The number of aliphatic hydroxyl groups excluding tert-OH is 1. The predicted molar refractivity (Wildman–Crippen MR) is 67.3 cm³/mol. The van der Waals surface area contributed by atoms with E-state index in [0.717, 1.165) is 10.2 Å². The van der Waals surface area contributed by atoms with E-state index in [9.17, 15) is 4.79 Å². The van der Waals surface area contributed by atoms with E-state index >= 15 is 0 Å². The van der Waals surface area contributed by atoms with Crippen molar-refractivity contribution in [3.8, 4) is 0 Å². The molecule has 1 aromatic carbocycles. The molecular weight excluding hydrogens is 272 g/mol. The second-order valence-corrected chi connectivity index (χ2v) is 4.44. The number of anilines is 1. The average Bonchev–Trinajstić information content (AvgIpc) is 2.29. The lowest BCUT2D eigenvalue weighted by Gasteiger charge is -2.10. The van der Waals surface area contributed by atoms with Gasteiger partial charge in [0.15, 0.2) is 0 Å². The van der Waals surface area contributed by atoms with Gasteiger partial charge in [-0.2, -0.15) is 0 Å². The molecule has 5 heteroatoms. The number of rotatable bonds is 5. The van der Waals surface area contributed by atoms with Crippen molar-refractivity contribution < 1.29 is 9.90 Å². The Morgan fingerprint density at radius 1 is 1.44 bits per heavy atom. The third-order valence-electron chi connectivity index (χ3n) is 2.01. The number of hydrogen-bond donors (Lipinski definition) is 3. The zero-order valence-electron chi connectivity index (χ0n) is 9.03. The van der Waals surface area contributed by atoms with Crippen LogP contribution in [-0.4, -0.2) is 30.2 Å². The standard InChI is InChI=1S/C11H15BrN2O2/c1-8(7-15)13-6-11(16)14-10-4-2-9(12)3-5-10/h2-5,8,13,15H,6-7H2,1H3,(H,14,16).